The van der Waals surface area contributed by atoms with E-state index >= 15 is 0 Å². The summed E-state index contributed by atoms with van der Waals surface area (Å²) >= 11 is 5.95. The molecule has 0 radical (unpaired) electrons. The number of benzene rings is 1. The number of fused-ring (bicyclic) bond motifs is 1. The highest BCUT2D eigenvalue weighted by Gasteiger charge is 2.17. The van der Waals surface area contributed by atoms with Crippen LogP contribution in [-0.2, 0) is 9.59 Å². The molecule has 0 aliphatic rings. The summed E-state index contributed by atoms with van der Waals surface area (Å²) in [7, 11) is 0. The lowest BCUT2D eigenvalue weighted by atomic mass is 10.3. The SMILES string of the molecule is C=CC(=O)N(CC)CC(=O)NC(C)c1nc2ccc(Cl)cc2[nH]1. The summed E-state index contributed by atoms with van der Waals surface area (Å²) in [5, 5.41) is 3.44. The number of amides is 2. The second kappa shape index (κ2) is 7.28. The number of rotatable bonds is 6. The Balaban J connectivity index is 2.04. The van der Waals surface area contributed by atoms with Crippen molar-refractivity contribution in [3.05, 3.63) is 41.7 Å². The fourth-order valence-electron chi connectivity index (χ4n) is 2.21. The lowest BCUT2D eigenvalue weighted by molar-refractivity contribution is -0.132. The number of nitrogens with one attached hydrogen (secondary N) is 2. The second-order valence-electron chi connectivity index (χ2n) is 5.13. The fraction of sp³-hybridized carbons (Fsp3) is 0.312. The highest BCUT2D eigenvalue weighted by Crippen LogP contribution is 2.19. The number of aromatic amines is 1. The van der Waals surface area contributed by atoms with Crippen molar-refractivity contribution in [2.75, 3.05) is 13.1 Å². The first kappa shape index (κ1) is 17.0. The van der Waals surface area contributed by atoms with Gasteiger partial charge >= 0.3 is 0 Å². The van der Waals surface area contributed by atoms with Crippen molar-refractivity contribution in [1.82, 2.24) is 20.2 Å². The molecule has 0 fully saturated rings. The van der Waals surface area contributed by atoms with E-state index in [-0.39, 0.29) is 24.4 Å². The quantitative estimate of drug-likeness (QED) is 0.796. The van der Waals surface area contributed by atoms with Crippen LogP contribution in [0.4, 0.5) is 0 Å². The summed E-state index contributed by atoms with van der Waals surface area (Å²) in [6, 6.07) is 5.04. The Hall–Kier alpha value is -2.34. The van der Waals surface area contributed by atoms with Crippen LogP contribution >= 0.6 is 11.6 Å². The van der Waals surface area contributed by atoms with Gasteiger partial charge in [0, 0.05) is 11.6 Å². The molecule has 1 aromatic carbocycles. The van der Waals surface area contributed by atoms with E-state index < -0.39 is 0 Å². The number of hydrogen-bond acceptors (Lipinski definition) is 3. The lowest BCUT2D eigenvalue weighted by Gasteiger charge is -2.19. The molecule has 2 aromatic rings. The number of likely N-dealkylation sites (N-methyl/N-ethyl adjacent to an activating group) is 1. The molecule has 0 saturated carbocycles. The molecular weight excluding hydrogens is 316 g/mol. The van der Waals surface area contributed by atoms with Crippen LogP contribution in [-0.4, -0.2) is 39.8 Å². The van der Waals surface area contributed by atoms with Gasteiger partial charge in [-0.15, -0.1) is 0 Å². The Morgan fingerprint density at radius 1 is 1.52 bits per heavy atom. The summed E-state index contributed by atoms with van der Waals surface area (Å²) in [6.07, 6.45) is 1.20. The van der Waals surface area contributed by atoms with Crippen LogP contribution in [0.25, 0.3) is 11.0 Å². The molecule has 0 saturated heterocycles. The van der Waals surface area contributed by atoms with Gasteiger partial charge in [0.15, 0.2) is 0 Å². The Bertz CT molecular complexity index is 741. The molecule has 1 atom stereocenters. The molecule has 2 N–H and O–H groups in total. The van der Waals surface area contributed by atoms with Gasteiger partial charge < -0.3 is 15.2 Å². The van der Waals surface area contributed by atoms with Crippen molar-refractivity contribution >= 4 is 34.4 Å². The van der Waals surface area contributed by atoms with Gasteiger partial charge in [0.25, 0.3) is 0 Å². The molecule has 1 aromatic heterocycles. The largest absolute Gasteiger partial charge is 0.345 e. The normalized spacial score (nSPS) is 12.0. The van der Waals surface area contributed by atoms with E-state index in [0.29, 0.717) is 17.4 Å². The average molecular weight is 335 g/mol. The standard InChI is InChI=1S/C16H19ClN4O2/c1-4-15(23)21(5-2)9-14(22)18-10(3)16-19-12-7-6-11(17)8-13(12)20-16/h4,6-8,10H,1,5,9H2,2-3H3,(H,18,22)(H,19,20). The van der Waals surface area contributed by atoms with E-state index in [1.165, 1.54) is 11.0 Å². The third-order valence-corrected chi connectivity index (χ3v) is 3.69. The van der Waals surface area contributed by atoms with Crippen molar-refractivity contribution in [3.8, 4) is 0 Å². The van der Waals surface area contributed by atoms with Crippen LogP contribution in [0.5, 0.6) is 0 Å². The number of carbonyl (C=O) groups is 2. The predicted molar refractivity (Wildman–Crippen MR) is 90.1 cm³/mol. The van der Waals surface area contributed by atoms with Gasteiger partial charge in [0.1, 0.15) is 5.82 Å². The maximum Gasteiger partial charge on any atom is 0.246 e. The molecule has 0 bridgehead atoms. The van der Waals surface area contributed by atoms with Crippen LogP contribution in [0.3, 0.4) is 0 Å². The molecule has 1 heterocycles. The fourth-order valence-corrected chi connectivity index (χ4v) is 2.38. The molecular formula is C16H19ClN4O2. The second-order valence-corrected chi connectivity index (χ2v) is 5.57. The van der Waals surface area contributed by atoms with E-state index in [2.05, 4.69) is 21.9 Å². The van der Waals surface area contributed by atoms with Crippen LogP contribution in [0, 0.1) is 0 Å². The van der Waals surface area contributed by atoms with Gasteiger partial charge in [-0.05, 0) is 38.1 Å². The van der Waals surface area contributed by atoms with Gasteiger partial charge in [0.05, 0.1) is 23.6 Å². The first-order valence-electron chi connectivity index (χ1n) is 7.30. The highest BCUT2D eigenvalue weighted by molar-refractivity contribution is 6.31. The zero-order chi connectivity index (χ0) is 17.0. The highest BCUT2D eigenvalue weighted by atomic mass is 35.5. The Labute approximate surface area is 139 Å². The van der Waals surface area contributed by atoms with Gasteiger partial charge in [-0.25, -0.2) is 4.98 Å². The Morgan fingerprint density at radius 3 is 2.91 bits per heavy atom. The summed E-state index contributed by atoms with van der Waals surface area (Å²) in [5.74, 6) is 0.107. The number of hydrogen-bond donors (Lipinski definition) is 2. The molecule has 7 heteroatoms. The Morgan fingerprint density at radius 2 is 2.26 bits per heavy atom. The summed E-state index contributed by atoms with van der Waals surface area (Å²) in [5.41, 5.74) is 1.59. The van der Waals surface area contributed by atoms with Crippen molar-refractivity contribution in [2.24, 2.45) is 0 Å². The minimum atomic E-state index is -0.314. The molecule has 0 aliphatic heterocycles. The van der Waals surface area contributed by atoms with Crippen molar-refractivity contribution in [1.29, 1.82) is 0 Å². The molecule has 2 rings (SSSR count). The van der Waals surface area contributed by atoms with Crippen molar-refractivity contribution in [2.45, 2.75) is 19.9 Å². The number of nitrogens with zero attached hydrogens (tertiary/aromatic N) is 2. The van der Waals surface area contributed by atoms with E-state index in [9.17, 15) is 9.59 Å². The number of H-pyrrole nitrogens is 1. The van der Waals surface area contributed by atoms with Gasteiger partial charge in [-0.3, -0.25) is 9.59 Å². The number of halogens is 1. The van der Waals surface area contributed by atoms with Gasteiger partial charge in [0.2, 0.25) is 11.8 Å². The predicted octanol–water partition coefficient (Wildman–Crippen LogP) is 2.43. The number of imidazole rings is 1. The first-order chi connectivity index (χ1) is 10.9. The molecule has 1 unspecified atom stereocenters. The molecule has 2 amide bonds. The van der Waals surface area contributed by atoms with Gasteiger partial charge in [-0.1, -0.05) is 18.2 Å². The average Bonchev–Trinajstić information content (AvgIpc) is 2.94. The van der Waals surface area contributed by atoms with Gasteiger partial charge in [-0.2, -0.15) is 0 Å². The van der Waals surface area contributed by atoms with E-state index in [4.69, 9.17) is 11.6 Å². The monoisotopic (exact) mass is 334 g/mol. The summed E-state index contributed by atoms with van der Waals surface area (Å²) in [6.45, 7) is 7.48. The van der Waals surface area contributed by atoms with Crippen LogP contribution in [0.15, 0.2) is 30.9 Å². The summed E-state index contributed by atoms with van der Waals surface area (Å²) < 4.78 is 0. The maximum absolute atomic E-state index is 12.1. The minimum absolute atomic E-state index is 0.0161. The lowest BCUT2D eigenvalue weighted by Crippen LogP contribution is -2.40. The number of carbonyl (C=O) groups excluding carboxylic acids is 2. The van der Waals surface area contributed by atoms with Crippen molar-refractivity contribution in [3.63, 3.8) is 0 Å². The topological polar surface area (TPSA) is 78.1 Å². The third-order valence-electron chi connectivity index (χ3n) is 3.45. The molecule has 0 spiro atoms. The van der Waals surface area contributed by atoms with Crippen LogP contribution < -0.4 is 5.32 Å². The van der Waals surface area contributed by atoms with E-state index in [0.717, 1.165) is 11.0 Å². The van der Waals surface area contributed by atoms with Crippen molar-refractivity contribution < 1.29 is 9.59 Å². The zero-order valence-corrected chi connectivity index (χ0v) is 13.9. The third kappa shape index (κ3) is 4.10. The van der Waals surface area contributed by atoms with E-state index in [1.807, 2.05) is 13.0 Å². The molecule has 6 nitrogen and oxygen atoms in total. The maximum atomic E-state index is 12.1. The molecule has 0 aliphatic carbocycles. The Kier molecular flexibility index (Phi) is 5.39. The zero-order valence-electron chi connectivity index (χ0n) is 13.1. The van der Waals surface area contributed by atoms with Crippen LogP contribution in [0.1, 0.15) is 25.7 Å². The molecule has 23 heavy (non-hydrogen) atoms. The molecule has 122 valence electrons. The first-order valence-corrected chi connectivity index (χ1v) is 7.68. The minimum Gasteiger partial charge on any atom is -0.345 e. The summed E-state index contributed by atoms with van der Waals surface area (Å²) in [4.78, 5) is 32.6. The number of aromatic nitrogens is 2. The smallest absolute Gasteiger partial charge is 0.246 e. The van der Waals surface area contributed by atoms with Crippen LogP contribution in [0.2, 0.25) is 5.02 Å². The van der Waals surface area contributed by atoms with E-state index in [1.54, 1.807) is 19.1 Å².